The summed E-state index contributed by atoms with van der Waals surface area (Å²) >= 11 is 0. The van der Waals surface area contributed by atoms with E-state index in [0.717, 1.165) is 19.3 Å². The number of carbonyl (C=O) groups excluding carboxylic acids is 1. The number of nitrogens with zero attached hydrogens (tertiary/aromatic N) is 2. The molecule has 0 aromatic rings. The van der Waals surface area contributed by atoms with Crippen molar-refractivity contribution < 1.29 is 14.7 Å². The Morgan fingerprint density at radius 3 is 2.94 bits per heavy atom. The molecule has 0 aromatic heterocycles. The number of hydrogen-bond acceptors (Lipinski definition) is 4. The van der Waals surface area contributed by atoms with Gasteiger partial charge in [0.1, 0.15) is 0 Å². The fourth-order valence-electron chi connectivity index (χ4n) is 2.86. The Morgan fingerprint density at radius 1 is 1.50 bits per heavy atom. The molecule has 3 atom stereocenters. The highest BCUT2D eigenvalue weighted by molar-refractivity contribution is 5.91. The third-order valence-electron chi connectivity index (χ3n) is 3.95. The van der Waals surface area contributed by atoms with Gasteiger partial charge in [-0.25, -0.2) is 0 Å². The van der Waals surface area contributed by atoms with E-state index in [1.807, 2.05) is 6.92 Å². The smallest absolute Gasteiger partial charge is 0.226 e. The molecule has 6 heteroatoms. The summed E-state index contributed by atoms with van der Waals surface area (Å²) in [5.74, 6) is 0.506. The van der Waals surface area contributed by atoms with Crippen LogP contribution in [0.2, 0.25) is 0 Å². The second-order valence-electron chi connectivity index (χ2n) is 5.16. The normalized spacial score (nSPS) is 33.7. The highest BCUT2D eigenvalue weighted by Crippen LogP contribution is 2.27. The third kappa shape index (κ3) is 2.43. The topological polar surface area (TPSA) is 88.2 Å². The van der Waals surface area contributed by atoms with Crippen LogP contribution in [0.25, 0.3) is 0 Å². The van der Waals surface area contributed by atoms with E-state index in [1.165, 1.54) is 0 Å². The lowest BCUT2D eigenvalue weighted by molar-refractivity contribution is -0.141. The lowest BCUT2D eigenvalue weighted by Crippen LogP contribution is -2.48. The molecule has 6 nitrogen and oxygen atoms in total. The van der Waals surface area contributed by atoms with Crippen LogP contribution in [0.5, 0.6) is 0 Å². The fraction of sp³-hybridized carbons (Fsp3) is 0.833. The first-order chi connectivity index (χ1) is 8.65. The number of likely N-dealkylation sites (tertiary alicyclic amines) is 1. The molecular formula is C12H21N3O3. The van der Waals surface area contributed by atoms with E-state index >= 15 is 0 Å². The quantitative estimate of drug-likeness (QED) is 0.323. The largest absolute Gasteiger partial charge is 0.409 e. The number of oxime groups is 1. The van der Waals surface area contributed by atoms with E-state index in [4.69, 9.17) is 15.7 Å². The van der Waals surface area contributed by atoms with E-state index in [2.05, 4.69) is 5.16 Å². The van der Waals surface area contributed by atoms with E-state index in [-0.39, 0.29) is 29.6 Å². The Kier molecular flexibility index (Phi) is 4.06. The minimum atomic E-state index is -0.238. The highest BCUT2D eigenvalue weighted by Gasteiger charge is 2.38. The molecule has 2 saturated heterocycles. The van der Waals surface area contributed by atoms with Crippen molar-refractivity contribution in [1.29, 1.82) is 0 Å². The summed E-state index contributed by atoms with van der Waals surface area (Å²) in [4.78, 5) is 14.3. The van der Waals surface area contributed by atoms with Gasteiger partial charge in [0.25, 0.3) is 0 Å². The van der Waals surface area contributed by atoms with Crippen molar-refractivity contribution in [2.24, 2.45) is 22.7 Å². The van der Waals surface area contributed by atoms with Gasteiger partial charge in [-0.15, -0.1) is 0 Å². The number of carbonyl (C=O) groups is 1. The van der Waals surface area contributed by atoms with Gasteiger partial charge < -0.3 is 20.6 Å². The van der Waals surface area contributed by atoms with Crippen LogP contribution < -0.4 is 5.73 Å². The molecular weight excluding hydrogens is 234 g/mol. The van der Waals surface area contributed by atoms with Gasteiger partial charge in [-0.1, -0.05) is 12.1 Å². The summed E-state index contributed by atoms with van der Waals surface area (Å²) in [7, 11) is 0. The molecule has 102 valence electrons. The van der Waals surface area contributed by atoms with Gasteiger partial charge in [0.2, 0.25) is 5.91 Å². The van der Waals surface area contributed by atoms with Gasteiger partial charge in [0.05, 0.1) is 6.04 Å². The number of amides is 1. The Morgan fingerprint density at radius 2 is 2.28 bits per heavy atom. The van der Waals surface area contributed by atoms with Crippen LogP contribution in [0.4, 0.5) is 0 Å². The van der Waals surface area contributed by atoms with Crippen LogP contribution in [0, 0.1) is 11.8 Å². The van der Waals surface area contributed by atoms with E-state index in [9.17, 15) is 4.79 Å². The Labute approximate surface area is 107 Å². The molecule has 2 aliphatic heterocycles. The predicted octanol–water partition coefficient (Wildman–Crippen LogP) is 0.396. The van der Waals surface area contributed by atoms with Crippen LogP contribution in [-0.2, 0) is 9.53 Å². The number of rotatable bonds is 2. The van der Waals surface area contributed by atoms with Crippen LogP contribution >= 0.6 is 0 Å². The van der Waals surface area contributed by atoms with E-state index in [0.29, 0.717) is 19.8 Å². The Hall–Kier alpha value is -1.30. The molecule has 0 aliphatic carbocycles. The van der Waals surface area contributed by atoms with Gasteiger partial charge in [0.15, 0.2) is 5.84 Å². The molecule has 2 fully saturated rings. The summed E-state index contributed by atoms with van der Waals surface area (Å²) in [6.07, 6.45) is 2.45. The molecule has 0 radical (unpaired) electrons. The number of amidine groups is 1. The van der Waals surface area contributed by atoms with Gasteiger partial charge in [-0.3, -0.25) is 4.79 Å². The molecule has 3 unspecified atom stereocenters. The summed E-state index contributed by atoms with van der Waals surface area (Å²) in [6.45, 7) is 4.02. The summed E-state index contributed by atoms with van der Waals surface area (Å²) in [5.41, 5.74) is 5.65. The average Bonchev–Trinajstić information content (AvgIpc) is 2.86. The van der Waals surface area contributed by atoms with Crippen molar-refractivity contribution in [1.82, 2.24) is 4.90 Å². The first kappa shape index (κ1) is 13.1. The van der Waals surface area contributed by atoms with Gasteiger partial charge in [-0.2, -0.15) is 0 Å². The van der Waals surface area contributed by atoms with Gasteiger partial charge in [-0.05, 0) is 25.2 Å². The second kappa shape index (κ2) is 5.56. The lowest BCUT2D eigenvalue weighted by atomic mass is 9.88. The molecule has 3 N–H and O–H groups in total. The Bertz CT molecular complexity index is 345. The standard InChI is InChI=1S/C12H21N3O3/c1-8-7-18-6-4-9(8)12(16)15-5-2-3-10(15)11(13)14-17/h8-10,17H,2-7H2,1H3,(H2,13,14). The minimum Gasteiger partial charge on any atom is -0.409 e. The molecule has 2 rings (SSSR count). The monoisotopic (exact) mass is 255 g/mol. The van der Waals surface area contributed by atoms with E-state index in [1.54, 1.807) is 4.90 Å². The molecule has 0 saturated carbocycles. The zero-order valence-corrected chi connectivity index (χ0v) is 10.7. The fourth-order valence-corrected chi connectivity index (χ4v) is 2.86. The predicted molar refractivity (Wildman–Crippen MR) is 66.2 cm³/mol. The first-order valence-corrected chi connectivity index (χ1v) is 6.50. The van der Waals surface area contributed by atoms with Crippen molar-refractivity contribution in [3.05, 3.63) is 0 Å². The van der Waals surface area contributed by atoms with E-state index < -0.39 is 0 Å². The number of nitrogens with two attached hydrogens (primary N) is 1. The van der Waals surface area contributed by atoms with Crippen molar-refractivity contribution >= 4 is 11.7 Å². The summed E-state index contributed by atoms with van der Waals surface area (Å²) in [5, 5.41) is 11.8. The van der Waals surface area contributed by atoms with Gasteiger partial charge in [0, 0.05) is 25.7 Å². The van der Waals surface area contributed by atoms with Gasteiger partial charge >= 0.3 is 0 Å². The van der Waals surface area contributed by atoms with Crippen LogP contribution in [0.1, 0.15) is 26.2 Å². The maximum atomic E-state index is 12.5. The molecule has 0 spiro atoms. The summed E-state index contributed by atoms with van der Waals surface area (Å²) < 4.78 is 5.36. The summed E-state index contributed by atoms with van der Waals surface area (Å²) in [6, 6.07) is -0.238. The minimum absolute atomic E-state index is 0.00541. The van der Waals surface area contributed by atoms with Crippen molar-refractivity contribution in [2.75, 3.05) is 19.8 Å². The van der Waals surface area contributed by atoms with Crippen LogP contribution in [-0.4, -0.2) is 47.7 Å². The highest BCUT2D eigenvalue weighted by atomic mass is 16.5. The lowest BCUT2D eigenvalue weighted by Gasteiger charge is -2.33. The molecule has 0 aromatic carbocycles. The molecule has 0 bridgehead atoms. The Balaban J connectivity index is 2.07. The van der Waals surface area contributed by atoms with Crippen LogP contribution in [0.15, 0.2) is 5.16 Å². The van der Waals surface area contributed by atoms with Crippen LogP contribution in [0.3, 0.4) is 0 Å². The average molecular weight is 255 g/mol. The zero-order chi connectivity index (χ0) is 13.1. The van der Waals surface area contributed by atoms with Crippen molar-refractivity contribution in [3.63, 3.8) is 0 Å². The first-order valence-electron chi connectivity index (χ1n) is 6.50. The molecule has 2 heterocycles. The number of ether oxygens (including phenoxy) is 1. The molecule has 2 aliphatic rings. The SMILES string of the molecule is CC1COCCC1C(=O)N1CCCC1C(N)=NO. The molecule has 18 heavy (non-hydrogen) atoms. The second-order valence-corrected chi connectivity index (χ2v) is 5.16. The molecule has 1 amide bonds. The maximum absolute atomic E-state index is 12.5. The zero-order valence-electron chi connectivity index (χ0n) is 10.7. The van der Waals surface area contributed by atoms with Crippen molar-refractivity contribution in [2.45, 2.75) is 32.2 Å². The number of hydrogen-bond donors (Lipinski definition) is 2. The maximum Gasteiger partial charge on any atom is 0.226 e. The third-order valence-corrected chi connectivity index (χ3v) is 3.95. The van der Waals surface area contributed by atoms with Crippen molar-refractivity contribution in [3.8, 4) is 0 Å².